The minimum Gasteiger partial charge on any atom is -0.350 e. The molecule has 0 saturated carbocycles. The first kappa shape index (κ1) is 9.23. The van der Waals surface area contributed by atoms with E-state index < -0.39 is 0 Å². The summed E-state index contributed by atoms with van der Waals surface area (Å²) in [6.45, 7) is 8.33. The topological polar surface area (TPSA) is 35.6 Å². The number of hydrogen-bond acceptors (Lipinski definition) is 2. The van der Waals surface area contributed by atoms with E-state index in [0.29, 0.717) is 5.92 Å². The molecule has 1 rings (SSSR count). The van der Waals surface area contributed by atoms with Crippen molar-refractivity contribution >= 4 is 12.1 Å². The average Bonchev–Trinajstić information content (AvgIpc) is 2.29. The van der Waals surface area contributed by atoms with Gasteiger partial charge in [0.1, 0.15) is 0 Å². The molecule has 1 aliphatic rings. The van der Waals surface area contributed by atoms with Gasteiger partial charge in [-0.2, -0.15) is 0 Å². The molecule has 1 atom stereocenters. The summed E-state index contributed by atoms with van der Waals surface area (Å²) in [5.41, 5.74) is 0.779. The van der Waals surface area contributed by atoms with Gasteiger partial charge in [-0.05, 0) is 6.92 Å². The van der Waals surface area contributed by atoms with Crippen LogP contribution in [-0.4, -0.2) is 27.5 Å². The second-order valence-electron chi connectivity index (χ2n) is 3.69. The molecule has 0 radical (unpaired) electrons. The molecule has 3 heteroatoms. The van der Waals surface area contributed by atoms with Crippen molar-refractivity contribution in [2.24, 2.45) is 10.9 Å². The summed E-state index contributed by atoms with van der Waals surface area (Å²) in [5.74, 6) is 0.417. The van der Waals surface area contributed by atoms with E-state index in [1.165, 1.54) is 6.34 Å². The Hall–Kier alpha value is -0.860. The molecule has 1 unspecified atom stereocenters. The summed E-state index contributed by atoms with van der Waals surface area (Å²) in [6.07, 6.45) is 2.34. The first-order valence-electron chi connectivity index (χ1n) is 4.42. The third-order valence-electron chi connectivity index (χ3n) is 2.76. The minimum atomic E-state index is -0.205. The maximum absolute atomic E-state index is 9.42. The Morgan fingerprint density at radius 2 is 2.25 bits per heavy atom. The molecule has 12 heavy (non-hydrogen) atoms. The molecular weight excluding hydrogens is 152 g/mol. The van der Waals surface area contributed by atoms with Crippen LogP contribution in [-0.2, 0) is 0 Å². The number of aliphatic imine (C=N–C) groups is 1. The zero-order valence-electron chi connectivity index (χ0n) is 8.20. The van der Waals surface area contributed by atoms with E-state index in [1.54, 1.807) is 0 Å². The van der Waals surface area contributed by atoms with Gasteiger partial charge < -0.3 is 5.21 Å². The first-order valence-corrected chi connectivity index (χ1v) is 4.42. The van der Waals surface area contributed by atoms with Gasteiger partial charge >= 0.3 is 6.34 Å². The highest BCUT2D eigenvalue weighted by molar-refractivity contribution is 5.94. The molecule has 0 saturated heterocycles. The van der Waals surface area contributed by atoms with Crippen molar-refractivity contribution in [2.75, 3.05) is 0 Å². The zero-order valence-corrected chi connectivity index (χ0v) is 8.20. The fraction of sp³-hybridized carbons (Fsp3) is 0.778. The van der Waals surface area contributed by atoms with Crippen molar-refractivity contribution in [1.29, 1.82) is 0 Å². The Kier molecular flexibility index (Phi) is 2.22. The van der Waals surface area contributed by atoms with E-state index in [1.807, 2.05) is 6.92 Å². The second-order valence-corrected chi connectivity index (χ2v) is 3.69. The van der Waals surface area contributed by atoms with Gasteiger partial charge in [-0.1, -0.05) is 30.5 Å². The van der Waals surface area contributed by atoms with E-state index in [9.17, 15) is 5.21 Å². The Labute approximate surface area is 73.4 Å². The predicted molar refractivity (Wildman–Crippen MR) is 49.1 cm³/mol. The fourth-order valence-corrected chi connectivity index (χ4v) is 1.55. The molecule has 0 aliphatic carbocycles. The molecule has 3 nitrogen and oxygen atoms in total. The lowest BCUT2D eigenvalue weighted by Crippen LogP contribution is -2.38. The molecule has 0 aromatic carbocycles. The maximum Gasteiger partial charge on any atom is 0.320 e. The highest BCUT2D eigenvalue weighted by atomic mass is 16.5. The summed E-state index contributed by atoms with van der Waals surface area (Å²) in [4.78, 5) is 4.31. The van der Waals surface area contributed by atoms with Gasteiger partial charge in [0.2, 0.25) is 5.54 Å². The summed E-state index contributed by atoms with van der Waals surface area (Å²) in [5, 5.41) is 9.42. The highest BCUT2D eigenvalue weighted by Crippen LogP contribution is 2.26. The van der Waals surface area contributed by atoms with E-state index in [4.69, 9.17) is 0 Å². The Balaban J connectivity index is 3.03. The molecule has 1 heterocycles. The van der Waals surface area contributed by atoms with Gasteiger partial charge in [-0.3, -0.25) is 0 Å². The van der Waals surface area contributed by atoms with Crippen LogP contribution in [0.25, 0.3) is 0 Å². The van der Waals surface area contributed by atoms with Crippen LogP contribution in [0, 0.1) is 5.92 Å². The van der Waals surface area contributed by atoms with Crippen molar-refractivity contribution in [3.05, 3.63) is 0 Å². The summed E-state index contributed by atoms with van der Waals surface area (Å²) < 4.78 is 1.15. The second kappa shape index (κ2) is 2.88. The van der Waals surface area contributed by atoms with Crippen molar-refractivity contribution in [3.8, 4) is 0 Å². The van der Waals surface area contributed by atoms with E-state index in [-0.39, 0.29) is 5.54 Å². The Morgan fingerprint density at radius 1 is 1.67 bits per heavy atom. The predicted octanol–water partition coefficient (Wildman–Crippen LogP) is 1.70. The standard InChI is InChI=1S/C9H17N2O/c1-5-8-9(4,7(2)3)10-6-11(8)12/h6-7,12H,5H2,1-4H3/q+1. The van der Waals surface area contributed by atoms with E-state index >= 15 is 0 Å². The largest absolute Gasteiger partial charge is 0.350 e. The third-order valence-corrected chi connectivity index (χ3v) is 2.76. The van der Waals surface area contributed by atoms with Crippen LogP contribution in [0.3, 0.4) is 0 Å². The molecule has 0 bridgehead atoms. The molecule has 1 N–H and O–H groups in total. The lowest BCUT2D eigenvalue weighted by Gasteiger charge is -2.19. The van der Waals surface area contributed by atoms with Crippen molar-refractivity contribution in [1.82, 2.24) is 0 Å². The van der Waals surface area contributed by atoms with Gasteiger partial charge in [-0.15, -0.1) is 0 Å². The number of hydroxylamine groups is 1. The summed E-state index contributed by atoms with van der Waals surface area (Å²) >= 11 is 0. The van der Waals surface area contributed by atoms with E-state index in [2.05, 4.69) is 25.8 Å². The lowest BCUT2D eigenvalue weighted by atomic mass is 9.84. The molecule has 0 aromatic rings. The smallest absolute Gasteiger partial charge is 0.320 e. The molecule has 0 fully saturated rings. The molecule has 0 spiro atoms. The van der Waals surface area contributed by atoms with Crippen LogP contribution in [0.1, 0.15) is 34.1 Å². The van der Waals surface area contributed by atoms with Crippen LogP contribution in [0.5, 0.6) is 0 Å². The van der Waals surface area contributed by atoms with Crippen LogP contribution >= 0.6 is 0 Å². The monoisotopic (exact) mass is 169 g/mol. The number of rotatable bonds is 2. The van der Waals surface area contributed by atoms with Gasteiger partial charge in [0.05, 0.1) is 0 Å². The van der Waals surface area contributed by atoms with Gasteiger partial charge in [0.15, 0.2) is 5.71 Å². The summed E-state index contributed by atoms with van der Waals surface area (Å²) in [7, 11) is 0. The van der Waals surface area contributed by atoms with Gasteiger partial charge in [-0.25, -0.2) is 0 Å². The Morgan fingerprint density at radius 3 is 2.58 bits per heavy atom. The number of hydrogen-bond donors (Lipinski definition) is 1. The summed E-state index contributed by atoms with van der Waals surface area (Å²) in [6, 6.07) is 0. The lowest BCUT2D eigenvalue weighted by molar-refractivity contribution is -0.682. The average molecular weight is 169 g/mol. The first-order chi connectivity index (χ1) is 5.52. The molecule has 0 amide bonds. The fourth-order valence-electron chi connectivity index (χ4n) is 1.55. The van der Waals surface area contributed by atoms with Gasteiger partial charge in [0, 0.05) is 12.3 Å². The van der Waals surface area contributed by atoms with Crippen LogP contribution < -0.4 is 0 Å². The minimum absolute atomic E-state index is 0.205. The molecule has 1 aliphatic heterocycles. The van der Waals surface area contributed by atoms with E-state index in [0.717, 1.165) is 16.9 Å². The Bertz CT molecular complexity index is 243. The van der Waals surface area contributed by atoms with Crippen molar-refractivity contribution < 1.29 is 9.95 Å². The maximum atomic E-state index is 9.42. The third kappa shape index (κ3) is 1.13. The molecule has 0 aromatic heterocycles. The SMILES string of the molecule is CCC1=[N+](O)C=NC1(C)C(C)C. The quantitative estimate of drug-likeness (QED) is 0.495. The van der Waals surface area contributed by atoms with Crippen molar-refractivity contribution in [3.63, 3.8) is 0 Å². The van der Waals surface area contributed by atoms with Crippen LogP contribution in [0.2, 0.25) is 0 Å². The number of nitrogens with zero attached hydrogens (tertiary/aromatic N) is 2. The van der Waals surface area contributed by atoms with Gasteiger partial charge in [0.25, 0.3) is 0 Å². The molecule has 68 valence electrons. The molecular formula is C9H17N2O+. The van der Waals surface area contributed by atoms with Crippen LogP contribution in [0.4, 0.5) is 0 Å². The highest BCUT2D eigenvalue weighted by Gasteiger charge is 2.45. The van der Waals surface area contributed by atoms with Crippen LogP contribution in [0.15, 0.2) is 4.99 Å². The zero-order chi connectivity index (χ0) is 9.35. The normalized spacial score (nSPS) is 29.1. The van der Waals surface area contributed by atoms with Crippen molar-refractivity contribution in [2.45, 2.75) is 39.7 Å².